The van der Waals surface area contributed by atoms with Gasteiger partial charge in [-0.3, -0.25) is 9.69 Å². The minimum Gasteiger partial charge on any atom is -0.384 e. The van der Waals surface area contributed by atoms with Gasteiger partial charge < -0.3 is 16.2 Å². The molecule has 0 aromatic heterocycles. The van der Waals surface area contributed by atoms with Crippen molar-refractivity contribution in [3.05, 3.63) is 0 Å². The molecule has 0 aromatic rings. The van der Waals surface area contributed by atoms with Gasteiger partial charge in [-0.15, -0.1) is 0 Å². The van der Waals surface area contributed by atoms with Gasteiger partial charge in [0.15, 0.2) is 0 Å². The van der Waals surface area contributed by atoms with E-state index in [4.69, 9.17) is 16.2 Å². The van der Waals surface area contributed by atoms with Crippen LogP contribution in [0.15, 0.2) is 0 Å². The molecule has 0 radical (unpaired) electrons. The minimum absolute atomic E-state index is 0.345. The normalized spacial score (nSPS) is 37.2. The summed E-state index contributed by atoms with van der Waals surface area (Å²) < 4.78 is 5.27. The topological polar surface area (TPSA) is 81.6 Å². The van der Waals surface area contributed by atoms with Crippen molar-refractivity contribution in [2.75, 3.05) is 26.8 Å². The highest BCUT2D eigenvalue weighted by Crippen LogP contribution is 2.31. The number of nitrogens with two attached hydrogens (primary N) is 2. The summed E-state index contributed by atoms with van der Waals surface area (Å²) in [5.41, 5.74) is 10.8. The second-order valence-corrected chi connectivity index (χ2v) is 6.23. The Morgan fingerprint density at radius 2 is 2.21 bits per heavy atom. The highest BCUT2D eigenvalue weighted by molar-refractivity contribution is 5.84. The average Bonchev–Trinajstić information content (AvgIpc) is 2.39. The quantitative estimate of drug-likeness (QED) is 0.777. The molecule has 2 rings (SSSR count). The largest absolute Gasteiger partial charge is 0.384 e. The van der Waals surface area contributed by atoms with Crippen LogP contribution in [0.3, 0.4) is 0 Å². The molecule has 0 bridgehead atoms. The van der Waals surface area contributed by atoms with Crippen LogP contribution in [0.5, 0.6) is 0 Å². The van der Waals surface area contributed by atoms with Gasteiger partial charge >= 0.3 is 0 Å². The van der Waals surface area contributed by atoms with Crippen molar-refractivity contribution in [1.29, 1.82) is 0 Å². The van der Waals surface area contributed by atoms with Crippen LogP contribution in [0.2, 0.25) is 0 Å². The summed E-state index contributed by atoms with van der Waals surface area (Å²) in [6.07, 6.45) is 6.01. The van der Waals surface area contributed by atoms with Crippen LogP contribution >= 0.6 is 0 Å². The molecule has 1 amide bonds. The molecular weight excluding hydrogens is 242 g/mol. The molecule has 2 aliphatic rings. The van der Waals surface area contributed by atoms with Gasteiger partial charge in [-0.25, -0.2) is 0 Å². The lowest BCUT2D eigenvalue weighted by Crippen LogP contribution is -2.59. The number of methoxy groups -OCH3 is 1. The van der Waals surface area contributed by atoms with E-state index in [0.717, 1.165) is 39.0 Å². The van der Waals surface area contributed by atoms with E-state index in [1.807, 2.05) is 0 Å². The highest BCUT2D eigenvalue weighted by Gasteiger charge is 2.40. The van der Waals surface area contributed by atoms with E-state index in [0.29, 0.717) is 18.4 Å². The fourth-order valence-corrected chi connectivity index (χ4v) is 3.61. The zero-order valence-corrected chi connectivity index (χ0v) is 11.9. The monoisotopic (exact) mass is 269 g/mol. The fraction of sp³-hybridized carbons (Fsp3) is 0.929. The summed E-state index contributed by atoms with van der Waals surface area (Å²) in [5, 5.41) is 0. The molecule has 1 saturated heterocycles. The molecule has 3 atom stereocenters. The third kappa shape index (κ3) is 3.46. The van der Waals surface area contributed by atoms with Crippen molar-refractivity contribution in [2.24, 2.45) is 17.4 Å². The first-order valence-electron chi connectivity index (χ1n) is 7.37. The summed E-state index contributed by atoms with van der Waals surface area (Å²) in [6.45, 7) is 3.00. The third-order valence-corrected chi connectivity index (χ3v) is 4.72. The number of rotatable bonds is 4. The molecule has 110 valence electrons. The Morgan fingerprint density at radius 3 is 2.89 bits per heavy atom. The third-order valence-electron chi connectivity index (χ3n) is 4.72. The molecule has 5 nitrogen and oxygen atoms in total. The van der Waals surface area contributed by atoms with Crippen LogP contribution in [0.25, 0.3) is 0 Å². The molecule has 1 saturated carbocycles. The minimum atomic E-state index is -0.795. The molecule has 0 aromatic carbocycles. The van der Waals surface area contributed by atoms with Gasteiger partial charge in [-0.1, -0.05) is 0 Å². The van der Waals surface area contributed by atoms with Crippen LogP contribution < -0.4 is 11.5 Å². The Balaban J connectivity index is 1.95. The van der Waals surface area contributed by atoms with Crippen molar-refractivity contribution in [2.45, 2.75) is 50.1 Å². The number of likely N-dealkylation sites (tertiary alicyclic amines) is 1. The first kappa shape index (κ1) is 14.8. The zero-order valence-electron chi connectivity index (χ0n) is 11.9. The Labute approximate surface area is 115 Å². The predicted octanol–water partition coefficient (Wildman–Crippen LogP) is 0.470. The van der Waals surface area contributed by atoms with E-state index >= 15 is 0 Å². The molecule has 4 N–H and O–H groups in total. The number of hydrogen-bond donors (Lipinski definition) is 2. The number of ether oxygens (including phenoxy) is 1. The smallest absolute Gasteiger partial charge is 0.237 e. The van der Waals surface area contributed by atoms with Crippen molar-refractivity contribution in [3.8, 4) is 0 Å². The number of amides is 1. The maximum atomic E-state index is 11.5. The molecule has 19 heavy (non-hydrogen) atoms. The van der Waals surface area contributed by atoms with Gasteiger partial charge in [0.05, 0.1) is 12.1 Å². The maximum absolute atomic E-state index is 11.5. The van der Waals surface area contributed by atoms with Crippen molar-refractivity contribution in [1.82, 2.24) is 4.90 Å². The number of piperidine rings is 1. The molecule has 2 fully saturated rings. The lowest BCUT2D eigenvalue weighted by Gasteiger charge is -2.44. The van der Waals surface area contributed by atoms with Gasteiger partial charge in [0.1, 0.15) is 0 Å². The van der Waals surface area contributed by atoms with E-state index < -0.39 is 5.54 Å². The second kappa shape index (κ2) is 6.20. The van der Waals surface area contributed by atoms with E-state index in [9.17, 15) is 4.79 Å². The molecule has 1 aliphatic heterocycles. The summed E-state index contributed by atoms with van der Waals surface area (Å²) in [6, 6.07) is 0.408. The maximum Gasteiger partial charge on any atom is 0.237 e. The summed E-state index contributed by atoms with van der Waals surface area (Å²) >= 11 is 0. The van der Waals surface area contributed by atoms with Crippen LogP contribution in [0.4, 0.5) is 0 Å². The summed E-state index contributed by atoms with van der Waals surface area (Å²) in [7, 11) is 1.76. The van der Waals surface area contributed by atoms with Crippen LogP contribution in [0.1, 0.15) is 38.5 Å². The van der Waals surface area contributed by atoms with Crippen molar-refractivity contribution in [3.63, 3.8) is 0 Å². The van der Waals surface area contributed by atoms with Gasteiger partial charge in [0.2, 0.25) is 5.91 Å². The lowest BCUT2D eigenvalue weighted by molar-refractivity contribution is -0.125. The highest BCUT2D eigenvalue weighted by atomic mass is 16.5. The van der Waals surface area contributed by atoms with E-state index in [1.54, 1.807) is 7.11 Å². The standard InChI is InChI=1S/C14H27N3O2/c1-19-10-11-4-3-7-17(9-11)12-5-2-6-14(16,8-12)13(15)18/h11-12H,2-10,16H2,1H3,(H2,15,18). The number of primary amides is 1. The summed E-state index contributed by atoms with van der Waals surface area (Å²) in [4.78, 5) is 14.0. The van der Waals surface area contributed by atoms with E-state index in [1.165, 1.54) is 12.8 Å². The number of carbonyl (C=O) groups excluding carboxylic acids is 1. The van der Waals surface area contributed by atoms with E-state index in [2.05, 4.69) is 4.90 Å². The predicted molar refractivity (Wildman–Crippen MR) is 74.5 cm³/mol. The Bertz CT molecular complexity index is 322. The molecule has 3 unspecified atom stereocenters. The van der Waals surface area contributed by atoms with Gasteiger partial charge in [0, 0.05) is 19.7 Å². The van der Waals surface area contributed by atoms with Crippen molar-refractivity contribution >= 4 is 5.91 Å². The molecule has 1 aliphatic carbocycles. The SMILES string of the molecule is COCC1CCCN(C2CCCC(N)(C(N)=O)C2)C1. The first-order valence-corrected chi connectivity index (χ1v) is 7.37. The molecule has 5 heteroatoms. The second-order valence-electron chi connectivity index (χ2n) is 6.23. The van der Waals surface area contributed by atoms with Gasteiger partial charge in [0.25, 0.3) is 0 Å². The number of hydrogen-bond acceptors (Lipinski definition) is 4. The van der Waals surface area contributed by atoms with E-state index in [-0.39, 0.29) is 5.91 Å². The number of nitrogens with zero attached hydrogens (tertiary/aromatic N) is 1. The average molecular weight is 269 g/mol. The van der Waals surface area contributed by atoms with Crippen LogP contribution in [0, 0.1) is 5.92 Å². The zero-order chi connectivity index (χ0) is 13.9. The van der Waals surface area contributed by atoms with Crippen molar-refractivity contribution < 1.29 is 9.53 Å². The first-order chi connectivity index (χ1) is 9.05. The number of carbonyl (C=O) groups is 1. The Kier molecular flexibility index (Phi) is 4.81. The van der Waals surface area contributed by atoms with Crippen LogP contribution in [-0.2, 0) is 9.53 Å². The van der Waals surface area contributed by atoms with Crippen LogP contribution in [-0.4, -0.2) is 49.2 Å². The Morgan fingerprint density at radius 1 is 1.42 bits per heavy atom. The van der Waals surface area contributed by atoms with Gasteiger partial charge in [-0.2, -0.15) is 0 Å². The fourth-order valence-electron chi connectivity index (χ4n) is 3.61. The van der Waals surface area contributed by atoms with Gasteiger partial charge in [-0.05, 0) is 51.0 Å². The summed E-state index contributed by atoms with van der Waals surface area (Å²) in [5.74, 6) is 0.268. The lowest BCUT2D eigenvalue weighted by atomic mass is 9.78. The molecule has 1 heterocycles. The molecular formula is C14H27N3O2. The Hall–Kier alpha value is -0.650. The molecule has 0 spiro atoms.